The van der Waals surface area contributed by atoms with E-state index in [1.807, 2.05) is 11.6 Å². The van der Waals surface area contributed by atoms with Crippen LogP contribution in [0.2, 0.25) is 0 Å². The quantitative estimate of drug-likeness (QED) is 0.718. The van der Waals surface area contributed by atoms with E-state index >= 15 is 0 Å². The zero-order valence-electron chi connectivity index (χ0n) is 9.45. The number of aromatic nitrogens is 1. The summed E-state index contributed by atoms with van der Waals surface area (Å²) in [5, 5.41) is 10.1. The Morgan fingerprint density at radius 3 is 3.31 bits per heavy atom. The van der Waals surface area contributed by atoms with Gasteiger partial charge in [0.1, 0.15) is 0 Å². The van der Waals surface area contributed by atoms with Crippen LogP contribution >= 0.6 is 11.3 Å². The number of nitrogens with zero attached hydrogens (tertiary/aromatic N) is 1. The van der Waals surface area contributed by atoms with Crippen molar-refractivity contribution in [1.82, 2.24) is 15.6 Å². The second-order valence-corrected chi connectivity index (χ2v) is 4.92. The SMILES string of the molecule is c1csc(CCNCCC2COCCN2)n1. The lowest BCUT2D eigenvalue weighted by Crippen LogP contribution is -2.42. The lowest BCUT2D eigenvalue weighted by molar-refractivity contribution is 0.0743. The van der Waals surface area contributed by atoms with Crippen LogP contribution in [0, 0.1) is 0 Å². The fourth-order valence-corrected chi connectivity index (χ4v) is 2.40. The van der Waals surface area contributed by atoms with Gasteiger partial charge in [-0.2, -0.15) is 0 Å². The molecule has 5 heteroatoms. The number of hydrogen-bond donors (Lipinski definition) is 2. The number of morpholine rings is 1. The van der Waals surface area contributed by atoms with E-state index in [0.717, 1.165) is 45.7 Å². The molecule has 0 aliphatic carbocycles. The van der Waals surface area contributed by atoms with E-state index in [1.54, 1.807) is 11.3 Å². The van der Waals surface area contributed by atoms with E-state index in [1.165, 1.54) is 5.01 Å². The van der Waals surface area contributed by atoms with Gasteiger partial charge in [0.15, 0.2) is 0 Å². The van der Waals surface area contributed by atoms with Gasteiger partial charge in [0.25, 0.3) is 0 Å². The van der Waals surface area contributed by atoms with Gasteiger partial charge in [-0.25, -0.2) is 4.98 Å². The number of rotatable bonds is 6. The number of nitrogens with one attached hydrogen (secondary N) is 2. The summed E-state index contributed by atoms with van der Waals surface area (Å²) >= 11 is 1.73. The molecule has 1 aromatic rings. The van der Waals surface area contributed by atoms with Gasteiger partial charge in [-0.3, -0.25) is 0 Å². The molecule has 1 aliphatic heterocycles. The summed E-state index contributed by atoms with van der Waals surface area (Å²) < 4.78 is 5.40. The Morgan fingerprint density at radius 2 is 2.56 bits per heavy atom. The summed E-state index contributed by atoms with van der Waals surface area (Å²) in [6.45, 7) is 4.76. The van der Waals surface area contributed by atoms with E-state index in [9.17, 15) is 0 Å². The molecule has 90 valence electrons. The molecule has 0 spiro atoms. The summed E-state index contributed by atoms with van der Waals surface area (Å²) in [5.41, 5.74) is 0. The van der Waals surface area contributed by atoms with Crippen molar-refractivity contribution in [3.8, 4) is 0 Å². The van der Waals surface area contributed by atoms with Gasteiger partial charge in [-0.15, -0.1) is 11.3 Å². The Morgan fingerprint density at radius 1 is 1.56 bits per heavy atom. The molecule has 1 aliphatic rings. The van der Waals surface area contributed by atoms with Gasteiger partial charge in [0.2, 0.25) is 0 Å². The Labute approximate surface area is 100 Å². The molecule has 0 bridgehead atoms. The predicted molar refractivity (Wildman–Crippen MR) is 65.9 cm³/mol. The van der Waals surface area contributed by atoms with Crippen LogP contribution in [-0.4, -0.2) is 43.9 Å². The highest BCUT2D eigenvalue weighted by Crippen LogP contribution is 2.03. The maximum atomic E-state index is 5.40. The zero-order valence-corrected chi connectivity index (χ0v) is 10.3. The lowest BCUT2D eigenvalue weighted by Gasteiger charge is -2.23. The Bertz CT molecular complexity index is 273. The highest BCUT2D eigenvalue weighted by molar-refractivity contribution is 7.09. The molecule has 2 N–H and O–H groups in total. The standard InChI is InChI=1S/C11H19N3OS/c1(10-9-15-7-5-13-10)3-12-4-2-11-14-6-8-16-11/h6,8,10,12-13H,1-5,7,9H2. The molecular formula is C11H19N3OS. The van der Waals surface area contributed by atoms with Crippen LogP contribution in [0.25, 0.3) is 0 Å². The molecule has 1 aromatic heterocycles. The van der Waals surface area contributed by atoms with Gasteiger partial charge >= 0.3 is 0 Å². The first-order valence-electron chi connectivity index (χ1n) is 5.85. The first-order chi connectivity index (χ1) is 7.95. The van der Waals surface area contributed by atoms with Crippen molar-refractivity contribution < 1.29 is 4.74 Å². The fraction of sp³-hybridized carbons (Fsp3) is 0.727. The van der Waals surface area contributed by atoms with Gasteiger partial charge in [0, 0.05) is 37.1 Å². The average molecular weight is 241 g/mol. The summed E-state index contributed by atoms with van der Waals surface area (Å²) in [6, 6.07) is 0.529. The minimum Gasteiger partial charge on any atom is -0.379 e. The van der Waals surface area contributed by atoms with Crippen LogP contribution < -0.4 is 10.6 Å². The molecule has 0 saturated carbocycles. The third-order valence-corrected chi connectivity index (χ3v) is 3.51. The van der Waals surface area contributed by atoms with Gasteiger partial charge in [0.05, 0.1) is 18.2 Å². The van der Waals surface area contributed by atoms with Crippen molar-refractivity contribution in [2.45, 2.75) is 18.9 Å². The predicted octanol–water partition coefficient (Wildman–Crippen LogP) is 0.654. The monoisotopic (exact) mass is 241 g/mol. The minimum atomic E-state index is 0.529. The van der Waals surface area contributed by atoms with Crippen LogP contribution in [0.4, 0.5) is 0 Å². The molecule has 4 nitrogen and oxygen atoms in total. The third-order valence-electron chi connectivity index (χ3n) is 2.67. The van der Waals surface area contributed by atoms with Crippen molar-refractivity contribution >= 4 is 11.3 Å². The van der Waals surface area contributed by atoms with Crippen molar-refractivity contribution in [1.29, 1.82) is 0 Å². The van der Waals surface area contributed by atoms with Crippen molar-refractivity contribution in [3.05, 3.63) is 16.6 Å². The van der Waals surface area contributed by atoms with Crippen molar-refractivity contribution in [2.24, 2.45) is 0 Å². The number of thiazole rings is 1. The lowest BCUT2D eigenvalue weighted by atomic mass is 10.2. The molecule has 0 aromatic carbocycles. The molecule has 16 heavy (non-hydrogen) atoms. The third kappa shape index (κ3) is 4.17. The van der Waals surface area contributed by atoms with Crippen LogP contribution in [0.3, 0.4) is 0 Å². The molecule has 2 heterocycles. The molecule has 1 fully saturated rings. The minimum absolute atomic E-state index is 0.529. The molecule has 0 amide bonds. The van der Waals surface area contributed by atoms with Crippen LogP contribution in [0.5, 0.6) is 0 Å². The largest absolute Gasteiger partial charge is 0.379 e. The van der Waals surface area contributed by atoms with Gasteiger partial charge in [-0.1, -0.05) is 0 Å². The molecule has 2 rings (SSSR count). The first kappa shape index (κ1) is 12.0. The van der Waals surface area contributed by atoms with E-state index in [2.05, 4.69) is 15.6 Å². The summed E-state index contributed by atoms with van der Waals surface area (Å²) in [5.74, 6) is 0. The maximum absolute atomic E-state index is 5.40. The Kier molecular flexibility index (Phi) is 5.21. The number of ether oxygens (including phenoxy) is 1. The second-order valence-electron chi connectivity index (χ2n) is 3.94. The van der Waals surface area contributed by atoms with Crippen LogP contribution in [0.15, 0.2) is 11.6 Å². The molecule has 0 radical (unpaired) electrons. The molecule has 1 atom stereocenters. The van der Waals surface area contributed by atoms with E-state index in [-0.39, 0.29) is 0 Å². The van der Waals surface area contributed by atoms with Gasteiger partial charge < -0.3 is 15.4 Å². The first-order valence-corrected chi connectivity index (χ1v) is 6.73. The zero-order chi connectivity index (χ0) is 11.1. The highest BCUT2D eigenvalue weighted by Gasteiger charge is 2.11. The smallest absolute Gasteiger partial charge is 0.0937 e. The fourth-order valence-electron chi connectivity index (χ4n) is 1.78. The summed E-state index contributed by atoms with van der Waals surface area (Å²) in [4.78, 5) is 4.25. The highest BCUT2D eigenvalue weighted by atomic mass is 32.1. The Hall–Kier alpha value is -0.490. The van der Waals surface area contributed by atoms with E-state index < -0.39 is 0 Å². The molecule has 1 unspecified atom stereocenters. The normalized spacial score (nSPS) is 21.1. The van der Waals surface area contributed by atoms with Crippen LogP contribution in [-0.2, 0) is 11.2 Å². The molecular weight excluding hydrogens is 222 g/mol. The summed E-state index contributed by atoms with van der Waals surface area (Å²) in [6.07, 6.45) is 4.04. The maximum Gasteiger partial charge on any atom is 0.0937 e. The van der Waals surface area contributed by atoms with Gasteiger partial charge in [-0.05, 0) is 13.0 Å². The van der Waals surface area contributed by atoms with Crippen molar-refractivity contribution in [3.63, 3.8) is 0 Å². The van der Waals surface area contributed by atoms with Crippen LogP contribution in [0.1, 0.15) is 11.4 Å². The molecule has 1 saturated heterocycles. The van der Waals surface area contributed by atoms with E-state index in [0.29, 0.717) is 6.04 Å². The topological polar surface area (TPSA) is 46.2 Å². The Balaban J connectivity index is 1.48. The van der Waals surface area contributed by atoms with E-state index in [4.69, 9.17) is 4.74 Å². The average Bonchev–Trinajstić information content (AvgIpc) is 2.83. The summed E-state index contributed by atoms with van der Waals surface area (Å²) in [7, 11) is 0. The number of hydrogen-bond acceptors (Lipinski definition) is 5. The second kappa shape index (κ2) is 6.96. The van der Waals surface area contributed by atoms with Crippen molar-refractivity contribution in [2.75, 3.05) is 32.8 Å².